The molecule has 1 aliphatic carbocycles. The Balaban J connectivity index is 1.96. The molecule has 2 N–H and O–H groups in total. The third-order valence-corrected chi connectivity index (χ3v) is 3.89. The first-order valence-corrected chi connectivity index (χ1v) is 6.98. The molecule has 0 bridgehead atoms. The molecule has 104 valence electrons. The molecule has 0 aliphatic heterocycles. The summed E-state index contributed by atoms with van der Waals surface area (Å²) in [5.41, 5.74) is 9.62. The number of aryl methyl sites for hydroxylation is 2. The summed E-state index contributed by atoms with van der Waals surface area (Å²) in [7, 11) is 0. The van der Waals surface area contributed by atoms with Gasteiger partial charge < -0.3 is 5.73 Å². The Bertz CT molecular complexity index is 619. The lowest BCUT2D eigenvalue weighted by molar-refractivity contribution is 0.462. The average Bonchev–Trinajstić information content (AvgIpc) is 2.45. The quantitative estimate of drug-likeness (QED) is 0.913. The second-order valence-electron chi connectivity index (χ2n) is 5.53. The molecule has 1 atom stereocenters. The molecule has 3 nitrogen and oxygen atoms in total. The van der Waals surface area contributed by atoms with Gasteiger partial charge in [0.2, 0.25) is 0 Å². The summed E-state index contributed by atoms with van der Waals surface area (Å²) in [4.78, 5) is 9.01. The number of hydrogen-bond acceptors (Lipinski definition) is 3. The van der Waals surface area contributed by atoms with Gasteiger partial charge in [-0.1, -0.05) is 0 Å². The van der Waals surface area contributed by atoms with Crippen molar-refractivity contribution in [3.05, 3.63) is 47.0 Å². The van der Waals surface area contributed by atoms with E-state index in [1.807, 2.05) is 19.2 Å². The zero-order valence-electron chi connectivity index (χ0n) is 11.6. The second kappa shape index (κ2) is 5.29. The highest BCUT2D eigenvalue weighted by Crippen LogP contribution is 2.26. The predicted octanol–water partition coefficient (Wildman–Crippen LogP) is 2.65. The molecule has 3 rings (SSSR count). The van der Waals surface area contributed by atoms with Crippen LogP contribution in [-0.4, -0.2) is 16.5 Å². The number of nitrogens with two attached hydrogens (primary N) is 1. The van der Waals surface area contributed by atoms with Gasteiger partial charge in [-0.15, -0.1) is 0 Å². The number of benzene rings is 1. The lowest BCUT2D eigenvalue weighted by Crippen LogP contribution is -2.23. The van der Waals surface area contributed by atoms with Crippen molar-refractivity contribution in [3.8, 4) is 11.4 Å². The van der Waals surface area contributed by atoms with E-state index >= 15 is 0 Å². The lowest BCUT2D eigenvalue weighted by Gasteiger charge is -2.22. The Hall–Kier alpha value is -1.81. The van der Waals surface area contributed by atoms with Crippen LogP contribution in [0.5, 0.6) is 0 Å². The Morgan fingerprint density at radius 1 is 1.35 bits per heavy atom. The first-order valence-electron chi connectivity index (χ1n) is 6.98. The smallest absolute Gasteiger partial charge is 0.159 e. The van der Waals surface area contributed by atoms with Crippen molar-refractivity contribution in [1.82, 2.24) is 9.97 Å². The van der Waals surface area contributed by atoms with Crippen molar-refractivity contribution in [2.45, 2.75) is 26.2 Å². The molecule has 1 heterocycles. The number of rotatable bonds is 2. The molecule has 0 saturated heterocycles. The van der Waals surface area contributed by atoms with E-state index in [0.717, 1.165) is 36.1 Å². The maximum atomic E-state index is 13.5. The van der Waals surface area contributed by atoms with Crippen molar-refractivity contribution in [2.24, 2.45) is 11.7 Å². The van der Waals surface area contributed by atoms with Crippen LogP contribution in [0.2, 0.25) is 0 Å². The van der Waals surface area contributed by atoms with Crippen LogP contribution in [0.4, 0.5) is 4.39 Å². The highest BCUT2D eigenvalue weighted by atomic mass is 19.1. The van der Waals surface area contributed by atoms with Crippen LogP contribution in [0.1, 0.15) is 23.2 Å². The van der Waals surface area contributed by atoms with Crippen LogP contribution >= 0.6 is 0 Å². The van der Waals surface area contributed by atoms with Crippen molar-refractivity contribution in [3.63, 3.8) is 0 Å². The zero-order chi connectivity index (χ0) is 14.1. The van der Waals surface area contributed by atoms with Crippen molar-refractivity contribution < 1.29 is 4.39 Å². The molecule has 20 heavy (non-hydrogen) atoms. The molecule has 1 aromatic carbocycles. The van der Waals surface area contributed by atoms with Gasteiger partial charge in [0.05, 0.1) is 0 Å². The largest absolute Gasteiger partial charge is 0.330 e. The number of nitrogens with zero attached hydrogens (tertiary/aromatic N) is 2. The number of aromatic nitrogens is 2. The van der Waals surface area contributed by atoms with E-state index in [2.05, 4.69) is 9.97 Å². The average molecular weight is 271 g/mol. The first-order chi connectivity index (χ1) is 9.65. The van der Waals surface area contributed by atoms with Gasteiger partial charge in [-0.2, -0.15) is 0 Å². The standard InChI is InChI=1S/C16H18FN3/c1-10-4-12(7-14(17)5-10)16-19-9-13-6-11(8-18)2-3-15(13)20-16/h4-5,7,9,11H,2-3,6,8,18H2,1H3. The second-order valence-corrected chi connectivity index (χ2v) is 5.53. The fourth-order valence-electron chi connectivity index (χ4n) is 2.79. The monoisotopic (exact) mass is 271 g/mol. The summed E-state index contributed by atoms with van der Waals surface area (Å²) in [6.45, 7) is 2.58. The van der Waals surface area contributed by atoms with E-state index in [-0.39, 0.29) is 5.82 Å². The number of fused-ring (bicyclic) bond motifs is 1. The van der Waals surface area contributed by atoms with Crippen LogP contribution in [0.3, 0.4) is 0 Å². The van der Waals surface area contributed by atoms with Gasteiger partial charge in [0.1, 0.15) is 5.82 Å². The van der Waals surface area contributed by atoms with Crippen LogP contribution in [0, 0.1) is 18.7 Å². The summed E-state index contributed by atoms with van der Waals surface area (Å²) in [5.74, 6) is 0.899. The minimum atomic E-state index is -0.246. The van der Waals surface area contributed by atoms with Gasteiger partial charge in [0.25, 0.3) is 0 Å². The molecule has 0 spiro atoms. The summed E-state index contributed by atoms with van der Waals surface area (Å²) >= 11 is 0. The fraction of sp³-hybridized carbons (Fsp3) is 0.375. The topological polar surface area (TPSA) is 51.8 Å². The minimum Gasteiger partial charge on any atom is -0.330 e. The molecular weight excluding hydrogens is 253 g/mol. The van der Waals surface area contributed by atoms with Gasteiger partial charge in [-0.05, 0) is 68.0 Å². The van der Waals surface area contributed by atoms with Gasteiger partial charge >= 0.3 is 0 Å². The normalized spacial score (nSPS) is 17.9. The van der Waals surface area contributed by atoms with E-state index < -0.39 is 0 Å². The van der Waals surface area contributed by atoms with Crippen LogP contribution in [-0.2, 0) is 12.8 Å². The van der Waals surface area contributed by atoms with Crippen LogP contribution in [0.15, 0.2) is 24.4 Å². The summed E-state index contributed by atoms with van der Waals surface area (Å²) in [5, 5.41) is 0. The van der Waals surface area contributed by atoms with Gasteiger partial charge in [-0.3, -0.25) is 0 Å². The van der Waals surface area contributed by atoms with E-state index in [9.17, 15) is 4.39 Å². The zero-order valence-corrected chi connectivity index (χ0v) is 11.6. The van der Waals surface area contributed by atoms with Gasteiger partial charge in [-0.25, -0.2) is 14.4 Å². The maximum Gasteiger partial charge on any atom is 0.159 e. The molecule has 0 fully saturated rings. The highest BCUT2D eigenvalue weighted by Gasteiger charge is 2.19. The first kappa shape index (κ1) is 13.2. The summed E-state index contributed by atoms with van der Waals surface area (Å²) in [6, 6.07) is 4.91. The van der Waals surface area contributed by atoms with Crippen molar-refractivity contribution >= 4 is 0 Å². The summed E-state index contributed by atoms with van der Waals surface area (Å²) in [6.07, 6.45) is 4.83. The summed E-state index contributed by atoms with van der Waals surface area (Å²) < 4.78 is 13.5. The minimum absolute atomic E-state index is 0.246. The SMILES string of the molecule is Cc1cc(F)cc(-c2ncc3c(n2)CCC(CN)C3)c1. The van der Waals surface area contributed by atoms with Crippen LogP contribution < -0.4 is 5.73 Å². The molecule has 1 unspecified atom stereocenters. The van der Waals surface area contributed by atoms with Gasteiger partial charge in [0.15, 0.2) is 5.82 Å². The maximum absolute atomic E-state index is 13.5. The molecular formula is C16H18FN3. The Morgan fingerprint density at radius 2 is 2.20 bits per heavy atom. The van der Waals surface area contributed by atoms with E-state index in [1.165, 1.54) is 17.7 Å². The van der Waals surface area contributed by atoms with Crippen LogP contribution in [0.25, 0.3) is 11.4 Å². The van der Waals surface area contributed by atoms with Crippen molar-refractivity contribution in [2.75, 3.05) is 6.54 Å². The lowest BCUT2D eigenvalue weighted by atomic mass is 9.87. The Morgan fingerprint density at radius 3 is 2.95 bits per heavy atom. The molecule has 0 amide bonds. The Labute approximate surface area is 118 Å². The molecule has 0 saturated carbocycles. The molecule has 0 radical (unpaired) electrons. The predicted molar refractivity (Wildman–Crippen MR) is 76.7 cm³/mol. The third kappa shape index (κ3) is 2.56. The van der Waals surface area contributed by atoms with E-state index in [1.54, 1.807) is 0 Å². The fourth-order valence-corrected chi connectivity index (χ4v) is 2.79. The van der Waals surface area contributed by atoms with E-state index in [4.69, 9.17) is 5.73 Å². The highest BCUT2D eigenvalue weighted by molar-refractivity contribution is 5.56. The molecule has 1 aromatic heterocycles. The number of halogens is 1. The van der Waals surface area contributed by atoms with E-state index in [0.29, 0.717) is 18.3 Å². The van der Waals surface area contributed by atoms with Crippen molar-refractivity contribution in [1.29, 1.82) is 0 Å². The molecule has 4 heteroatoms. The Kier molecular flexibility index (Phi) is 3.49. The van der Waals surface area contributed by atoms with Gasteiger partial charge in [0, 0.05) is 17.5 Å². The molecule has 1 aliphatic rings. The molecule has 2 aromatic rings. The third-order valence-electron chi connectivity index (χ3n) is 3.89. The number of hydrogen-bond donors (Lipinski definition) is 1.